The third-order valence-electron chi connectivity index (χ3n) is 1.54. The molecule has 0 aliphatic carbocycles. The van der Waals surface area contributed by atoms with Gasteiger partial charge in [-0.15, -0.1) is 0 Å². The molecule has 1 rings (SSSR count). The van der Waals surface area contributed by atoms with E-state index in [1.165, 1.54) is 4.24 Å². The summed E-state index contributed by atoms with van der Waals surface area (Å²) in [6.45, 7) is 0. The van der Waals surface area contributed by atoms with E-state index in [1.807, 2.05) is 42.0 Å². The molecule has 0 aromatic heterocycles. The van der Waals surface area contributed by atoms with Gasteiger partial charge in [0, 0.05) is 0 Å². The standard InChI is InChI=1S/C8H9O2.Li/c9-8(10)6-7-4-2-1-3-5-7;/h2-5,8-10H,6H2;. The maximum atomic E-state index is 8.63. The molecule has 2 N–H and O–H groups in total. The molecule has 0 fully saturated rings. The van der Waals surface area contributed by atoms with Gasteiger partial charge < -0.3 is 0 Å². The Labute approximate surface area is 75.1 Å². The van der Waals surface area contributed by atoms with Gasteiger partial charge >= 0.3 is 74.7 Å². The summed E-state index contributed by atoms with van der Waals surface area (Å²) < 4.78 is 1.18. The Morgan fingerprint density at radius 1 is 1.18 bits per heavy atom. The van der Waals surface area contributed by atoms with Gasteiger partial charge in [0.1, 0.15) is 0 Å². The number of benzene rings is 1. The van der Waals surface area contributed by atoms with Gasteiger partial charge in [0.25, 0.3) is 0 Å². The average molecular weight is 144 g/mol. The minimum atomic E-state index is -1.24. The van der Waals surface area contributed by atoms with Crippen LogP contribution in [0.4, 0.5) is 0 Å². The van der Waals surface area contributed by atoms with Crippen molar-refractivity contribution in [3.8, 4) is 0 Å². The quantitative estimate of drug-likeness (QED) is 0.427. The number of hydrogen-bond acceptors (Lipinski definition) is 2. The van der Waals surface area contributed by atoms with Gasteiger partial charge in [-0.1, -0.05) is 0 Å². The molecule has 0 saturated carbocycles. The van der Waals surface area contributed by atoms with Gasteiger partial charge in [-0.05, 0) is 0 Å². The van der Waals surface area contributed by atoms with E-state index in [9.17, 15) is 0 Å². The third-order valence-corrected chi connectivity index (χ3v) is 1.54. The Kier molecular flexibility index (Phi) is 3.16. The van der Waals surface area contributed by atoms with Crippen molar-refractivity contribution in [3.63, 3.8) is 0 Å². The predicted octanol–water partition coefficient (Wildman–Crippen LogP) is -0.666. The summed E-state index contributed by atoms with van der Waals surface area (Å²) in [5, 5.41) is 17.3. The van der Waals surface area contributed by atoms with Crippen LogP contribution < -0.4 is 4.24 Å². The van der Waals surface area contributed by atoms with Crippen molar-refractivity contribution in [2.75, 3.05) is 0 Å². The van der Waals surface area contributed by atoms with Crippen LogP contribution in [0.1, 0.15) is 5.56 Å². The molecule has 0 atom stereocenters. The molecule has 0 radical (unpaired) electrons. The van der Waals surface area contributed by atoms with Crippen LogP contribution in [0, 0.1) is 0 Å². The van der Waals surface area contributed by atoms with Gasteiger partial charge in [0.2, 0.25) is 0 Å². The summed E-state index contributed by atoms with van der Waals surface area (Å²) in [4.78, 5) is 0. The molecule has 11 heavy (non-hydrogen) atoms. The second-order valence-corrected chi connectivity index (χ2v) is 2.67. The first-order valence-corrected chi connectivity index (χ1v) is 3.60. The van der Waals surface area contributed by atoms with E-state index in [2.05, 4.69) is 0 Å². The van der Waals surface area contributed by atoms with Crippen LogP contribution in [0.5, 0.6) is 0 Å². The normalized spacial score (nSPS) is 10.6. The SMILES string of the molecule is [Li][c]1ccc(CC(O)O)cc1. The zero-order chi connectivity index (χ0) is 8.27. The second kappa shape index (κ2) is 3.94. The van der Waals surface area contributed by atoms with Gasteiger partial charge in [-0.25, -0.2) is 0 Å². The molecular weight excluding hydrogens is 135 g/mol. The molecule has 1 aromatic carbocycles. The van der Waals surface area contributed by atoms with E-state index < -0.39 is 6.29 Å². The number of aliphatic hydroxyl groups is 2. The summed E-state index contributed by atoms with van der Waals surface area (Å²) in [6.07, 6.45) is -0.932. The van der Waals surface area contributed by atoms with Crippen molar-refractivity contribution >= 4 is 22.0 Å². The molecule has 0 heterocycles. The van der Waals surface area contributed by atoms with Crippen LogP contribution in [0.25, 0.3) is 0 Å². The minimum absolute atomic E-state index is 0.306. The van der Waals surface area contributed by atoms with E-state index >= 15 is 0 Å². The molecule has 0 unspecified atom stereocenters. The van der Waals surface area contributed by atoms with E-state index in [-0.39, 0.29) is 0 Å². The summed E-state index contributed by atoms with van der Waals surface area (Å²) >= 11 is 2.00. The monoisotopic (exact) mass is 144 g/mol. The van der Waals surface area contributed by atoms with Crippen molar-refractivity contribution in [1.29, 1.82) is 0 Å². The van der Waals surface area contributed by atoms with Gasteiger partial charge in [-0.2, -0.15) is 0 Å². The van der Waals surface area contributed by atoms with Crippen LogP contribution >= 0.6 is 0 Å². The number of hydrogen-bond donors (Lipinski definition) is 2. The van der Waals surface area contributed by atoms with Crippen LogP contribution in [0.2, 0.25) is 0 Å². The van der Waals surface area contributed by atoms with E-state index in [0.29, 0.717) is 6.42 Å². The van der Waals surface area contributed by atoms with Gasteiger partial charge in [-0.3, -0.25) is 0 Å². The summed E-state index contributed by atoms with van der Waals surface area (Å²) in [6, 6.07) is 7.71. The third kappa shape index (κ3) is 3.09. The molecule has 54 valence electrons. The van der Waals surface area contributed by atoms with Crippen molar-refractivity contribution < 1.29 is 10.2 Å². The Hall–Kier alpha value is -0.263. The van der Waals surface area contributed by atoms with Crippen LogP contribution in [-0.4, -0.2) is 34.2 Å². The summed E-state index contributed by atoms with van der Waals surface area (Å²) in [5.41, 5.74) is 0.950. The Balaban J connectivity index is 2.66. The predicted molar refractivity (Wildman–Crippen MR) is 43.8 cm³/mol. The molecule has 3 heteroatoms. The first-order valence-electron chi connectivity index (χ1n) is 3.60. The summed E-state index contributed by atoms with van der Waals surface area (Å²) in [5.74, 6) is 0. The zero-order valence-electron chi connectivity index (χ0n) is 6.49. The molecular formula is C8H9LiO2. The average Bonchev–Trinajstić information content (AvgIpc) is 1.93. The van der Waals surface area contributed by atoms with Crippen LogP contribution in [-0.2, 0) is 6.42 Å². The van der Waals surface area contributed by atoms with Crippen LogP contribution in [0.15, 0.2) is 24.3 Å². The second-order valence-electron chi connectivity index (χ2n) is 2.67. The first-order chi connectivity index (χ1) is 5.18. The fourth-order valence-corrected chi connectivity index (χ4v) is 0.935. The molecule has 0 bridgehead atoms. The topological polar surface area (TPSA) is 40.5 Å². The molecule has 0 spiro atoms. The van der Waals surface area contributed by atoms with Gasteiger partial charge in [0.15, 0.2) is 0 Å². The number of rotatable bonds is 2. The van der Waals surface area contributed by atoms with E-state index in [4.69, 9.17) is 10.2 Å². The fraction of sp³-hybridized carbons (Fsp3) is 0.250. The molecule has 1 aromatic rings. The van der Waals surface area contributed by atoms with Crippen molar-refractivity contribution in [3.05, 3.63) is 29.8 Å². The Bertz CT molecular complexity index is 218. The van der Waals surface area contributed by atoms with Crippen LogP contribution in [0.3, 0.4) is 0 Å². The fourth-order valence-electron chi connectivity index (χ4n) is 0.935. The maximum absolute atomic E-state index is 8.63. The van der Waals surface area contributed by atoms with E-state index in [1.54, 1.807) is 0 Å². The van der Waals surface area contributed by atoms with Crippen molar-refractivity contribution in [2.24, 2.45) is 0 Å². The molecule has 0 aliphatic rings. The Morgan fingerprint density at radius 3 is 2.18 bits per heavy atom. The summed E-state index contributed by atoms with van der Waals surface area (Å²) in [7, 11) is 0. The molecule has 2 nitrogen and oxygen atoms in total. The van der Waals surface area contributed by atoms with Crippen molar-refractivity contribution in [2.45, 2.75) is 12.7 Å². The molecule has 0 aliphatic heterocycles. The number of aliphatic hydroxyl groups excluding tert-OH is 1. The molecule has 0 amide bonds. The van der Waals surface area contributed by atoms with Gasteiger partial charge in [0.05, 0.1) is 0 Å². The first kappa shape index (κ1) is 8.83. The van der Waals surface area contributed by atoms with Crippen molar-refractivity contribution in [1.82, 2.24) is 0 Å². The Morgan fingerprint density at radius 2 is 1.73 bits per heavy atom. The zero-order valence-corrected chi connectivity index (χ0v) is 6.49. The molecule has 0 saturated heterocycles. The van der Waals surface area contributed by atoms with E-state index in [0.717, 1.165) is 5.56 Å².